The predicted octanol–water partition coefficient (Wildman–Crippen LogP) is 1.98. The van der Waals surface area contributed by atoms with Crippen LogP contribution in [-0.4, -0.2) is 55.8 Å². The van der Waals surface area contributed by atoms with Crippen LogP contribution >= 0.6 is 0 Å². The van der Waals surface area contributed by atoms with Crippen LogP contribution in [0.4, 0.5) is 0 Å². The van der Waals surface area contributed by atoms with Gasteiger partial charge in [0.15, 0.2) is 0 Å². The van der Waals surface area contributed by atoms with Gasteiger partial charge in [-0.3, -0.25) is 4.79 Å². The van der Waals surface area contributed by atoms with Crippen LogP contribution in [0, 0.1) is 18.3 Å². The maximum Gasteiger partial charge on any atom is 0.243 e. The Morgan fingerprint density at radius 2 is 1.67 bits per heavy atom. The van der Waals surface area contributed by atoms with Crippen molar-refractivity contribution in [2.24, 2.45) is 17.1 Å². The van der Waals surface area contributed by atoms with Gasteiger partial charge in [0.25, 0.3) is 0 Å². The number of hydrogen-bond donors (Lipinski definition) is 1. The first kappa shape index (κ1) is 20.3. The quantitative estimate of drug-likeness (QED) is 0.851. The van der Waals surface area contributed by atoms with E-state index in [4.69, 9.17) is 5.73 Å². The number of likely N-dealkylation sites (tertiary alicyclic amines) is 1. The lowest BCUT2D eigenvalue weighted by Crippen LogP contribution is -2.55. The smallest absolute Gasteiger partial charge is 0.243 e. The first-order valence-corrected chi connectivity index (χ1v) is 11.2. The maximum absolute atomic E-state index is 12.9. The van der Waals surface area contributed by atoms with E-state index in [-0.39, 0.29) is 23.3 Å². The maximum atomic E-state index is 12.9. The van der Waals surface area contributed by atoms with Gasteiger partial charge in [0.2, 0.25) is 15.9 Å². The van der Waals surface area contributed by atoms with Crippen LogP contribution in [0.5, 0.6) is 0 Å². The summed E-state index contributed by atoms with van der Waals surface area (Å²) < 4.78 is 27.1. The lowest BCUT2D eigenvalue weighted by molar-refractivity contribution is -0.140. The molecule has 27 heavy (non-hydrogen) atoms. The van der Waals surface area contributed by atoms with E-state index in [1.807, 2.05) is 24.0 Å². The minimum absolute atomic E-state index is 0.0800. The van der Waals surface area contributed by atoms with Gasteiger partial charge in [-0.2, -0.15) is 4.31 Å². The second kappa shape index (κ2) is 7.53. The molecule has 1 aromatic carbocycles. The molecule has 2 heterocycles. The highest BCUT2D eigenvalue weighted by Gasteiger charge is 2.39. The van der Waals surface area contributed by atoms with Crippen molar-refractivity contribution in [2.75, 3.05) is 26.2 Å². The van der Waals surface area contributed by atoms with Crippen LogP contribution in [0.2, 0.25) is 0 Å². The van der Waals surface area contributed by atoms with Gasteiger partial charge in [-0.25, -0.2) is 8.42 Å². The summed E-state index contributed by atoms with van der Waals surface area (Å²) in [6.07, 6.45) is 1.97. The number of carbonyl (C=O) groups excluding carboxylic acids is 1. The number of nitrogens with zero attached hydrogens (tertiary/aromatic N) is 2. The highest BCUT2D eigenvalue weighted by atomic mass is 32.2. The van der Waals surface area contributed by atoms with Crippen molar-refractivity contribution in [3.05, 3.63) is 29.8 Å². The molecule has 0 aliphatic carbocycles. The number of sulfonamides is 1. The van der Waals surface area contributed by atoms with E-state index in [1.54, 1.807) is 12.1 Å². The van der Waals surface area contributed by atoms with E-state index in [1.165, 1.54) is 4.31 Å². The zero-order chi connectivity index (χ0) is 19.8. The molecular formula is C20H31N3O3S. The third-order valence-electron chi connectivity index (χ3n) is 6.09. The Hall–Kier alpha value is -1.44. The summed E-state index contributed by atoms with van der Waals surface area (Å²) in [5.41, 5.74) is 7.12. The Labute approximate surface area is 162 Å². The van der Waals surface area contributed by atoms with Gasteiger partial charge in [-0.1, -0.05) is 31.5 Å². The van der Waals surface area contributed by atoms with E-state index in [0.717, 1.165) is 12.0 Å². The molecule has 2 N–H and O–H groups in total. The Balaban J connectivity index is 1.61. The molecule has 2 fully saturated rings. The predicted molar refractivity (Wildman–Crippen MR) is 106 cm³/mol. The Kier molecular flexibility index (Phi) is 5.66. The molecule has 2 saturated heterocycles. The van der Waals surface area contributed by atoms with Gasteiger partial charge >= 0.3 is 0 Å². The molecule has 2 aliphatic rings. The third-order valence-corrected chi connectivity index (χ3v) is 8.00. The van der Waals surface area contributed by atoms with Crippen LogP contribution in [0.3, 0.4) is 0 Å². The van der Waals surface area contributed by atoms with Crippen molar-refractivity contribution in [3.63, 3.8) is 0 Å². The summed E-state index contributed by atoms with van der Waals surface area (Å²) in [5.74, 6) is 0.0574. The minimum atomic E-state index is -3.49. The fourth-order valence-electron chi connectivity index (χ4n) is 4.02. The molecule has 0 saturated carbocycles. The highest BCUT2D eigenvalue weighted by Crippen LogP contribution is 2.31. The van der Waals surface area contributed by atoms with E-state index < -0.39 is 10.0 Å². The van der Waals surface area contributed by atoms with Crippen molar-refractivity contribution >= 4 is 15.9 Å². The molecule has 0 bridgehead atoms. The summed E-state index contributed by atoms with van der Waals surface area (Å²) in [6, 6.07) is 7.04. The SMILES string of the molecule is Cc1ccc(S(=O)(=O)N2CCC(C(=O)N3CCC(N)C(C)(C)C3)CC2)cc1. The van der Waals surface area contributed by atoms with Crippen LogP contribution in [-0.2, 0) is 14.8 Å². The zero-order valence-corrected chi connectivity index (χ0v) is 17.3. The van der Waals surface area contributed by atoms with Crippen LogP contribution in [0.1, 0.15) is 38.7 Å². The van der Waals surface area contributed by atoms with Gasteiger partial charge in [-0.15, -0.1) is 0 Å². The fraction of sp³-hybridized carbons (Fsp3) is 0.650. The number of aryl methyl sites for hydroxylation is 1. The van der Waals surface area contributed by atoms with Gasteiger partial charge in [-0.05, 0) is 43.7 Å². The van der Waals surface area contributed by atoms with Gasteiger partial charge in [0.1, 0.15) is 0 Å². The fourth-order valence-corrected chi connectivity index (χ4v) is 5.49. The summed E-state index contributed by atoms with van der Waals surface area (Å²) in [6.45, 7) is 8.30. The Morgan fingerprint density at radius 3 is 2.22 bits per heavy atom. The number of nitrogens with two attached hydrogens (primary N) is 1. The number of benzene rings is 1. The van der Waals surface area contributed by atoms with E-state index in [0.29, 0.717) is 43.9 Å². The molecule has 7 heteroatoms. The van der Waals surface area contributed by atoms with Crippen LogP contribution in [0.25, 0.3) is 0 Å². The van der Waals surface area contributed by atoms with Crippen molar-refractivity contribution in [1.29, 1.82) is 0 Å². The van der Waals surface area contributed by atoms with E-state index >= 15 is 0 Å². The summed E-state index contributed by atoms with van der Waals surface area (Å²) in [4.78, 5) is 15.2. The Morgan fingerprint density at radius 1 is 1.07 bits per heavy atom. The zero-order valence-electron chi connectivity index (χ0n) is 16.5. The molecule has 0 spiro atoms. The topological polar surface area (TPSA) is 83.7 Å². The number of carbonyl (C=O) groups is 1. The molecule has 6 nitrogen and oxygen atoms in total. The normalized spacial score (nSPS) is 24.7. The highest BCUT2D eigenvalue weighted by molar-refractivity contribution is 7.89. The van der Waals surface area contributed by atoms with Gasteiger partial charge in [0.05, 0.1) is 4.90 Å². The number of amides is 1. The van der Waals surface area contributed by atoms with Crippen molar-refractivity contribution < 1.29 is 13.2 Å². The summed E-state index contributed by atoms with van der Waals surface area (Å²) in [5, 5.41) is 0. The molecule has 1 atom stereocenters. The molecule has 2 aliphatic heterocycles. The minimum Gasteiger partial charge on any atom is -0.342 e. The molecule has 150 valence electrons. The van der Waals surface area contributed by atoms with Crippen molar-refractivity contribution in [3.8, 4) is 0 Å². The average molecular weight is 394 g/mol. The molecule has 1 unspecified atom stereocenters. The van der Waals surface area contributed by atoms with Gasteiger partial charge < -0.3 is 10.6 Å². The number of piperidine rings is 2. The van der Waals surface area contributed by atoms with Crippen LogP contribution in [0.15, 0.2) is 29.2 Å². The molecule has 3 rings (SSSR count). The molecule has 1 amide bonds. The molecular weight excluding hydrogens is 362 g/mol. The lowest BCUT2D eigenvalue weighted by atomic mass is 9.79. The second-order valence-corrected chi connectivity index (χ2v) is 10.6. The largest absolute Gasteiger partial charge is 0.342 e. The van der Waals surface area contributed by atoms with Crippen molar-refractivity contribution in [1.82, 2.24) is 9.21 Å². The average Bonchev–Trinajstić information content (AvgIpc) is 2.64. The summed E-state index contributed by atoms with van der Waals surface area (Å²) >= 11 is 0. The number of rotatable bonds is 3. The monoisotopic (exact) mass is 393 g/mol. The standard InChI is InChI=1S/C20H31N3O3S/c1-15-4-6-17(7-5-15)27(25,26)23-12-8-16(9-13-23)19(24)22-11-10-18(21)20(2,3)14-22/h4-7,16,18H,8-14,21H2,1-3H3. The first-order chi connectivity index (χ1) is 12.6. The number of hydrogen-bond acceptors (Lipinski definition) is 4. The third kappa shape index (κ3) is 4.20. The molecule has 0 aromatic heterocycles. The molecule has 0 radical (unpaired) electrons. The van der Waals surface area contributed by atoms with E-state index in [9.17, 15) is 13.2 Å². The van der Waals surface area contributed by atoms with Crippen LogP contribution < -0.4 is 5.73 Å². The lowest BCUT2D eigenvalue weighted by Gasteiger charge is -2.44. The van der Waals surface area contributed by atoms with Gasteiger partial charge in [0, 0.05) is 38.1 Å². The summed E-state index contributed by atoms with van der Waals surface area (Å²) in [7, 11) is -3.49. The second-order valence-electron chi connectivity index (χ2n) is 8.63. The molecule has 1 aromatic rings. The van der Waals surface area contributed by atoms with E-state index in [2.05, 4.69) is 13.8 Å². The van der Waals surface area contributed by atoms with Crippen molar-refractivity contribution in [2.45, 2.75) is 51.0 Å². The first-order valence-electron chi connectivity index (χ1n) is 9.72. The Bertz CT molecular complexity index is 781.